The molecule has 8 heteroatoms. The van der Waals surface area contributed by atoms with Gasteiger partial charge in [0.1, 0.15) is 10.7 Å². The van der Waals surface area contributed by atoms with E-state index in [1.807, 2.05) is 24.3 Å². The van der Waals surface area contributed by atoms with E-state index in [4.69, 9.17) is 5.11 Å². The second-order valence-electron chi connectivity index (χ2n) is 9.88. The van der Waals surface area contributed by atoms with Crippen molar-refractivity contribution in [1.29, 1.82) is 0 Å². The molecule has 38 heavy (non-hydrogen) atoms. The van der Waals surface area contributed by atoms with Crippen LogP contribution in [-0.2, 0) is 25.8 Å². The number of halogens is 1. The minimum Gasteiger partial charge on any atom is -0.478 e. The lowest BCUT2D eigenvalue weighted by Gasteiger charge is -2.36. The summed E-state index contributed by atoms with van der Waals surface area (Å²) in [6, 6.07) is 18.7. The monoisotopic (exact) mass is 535 g/mol. The van der Waals surface area contributed by atoms with Gasteiger partial charge in [-0.25, -0.2) is 17.6 Å². The molecular weight excluding hydrogens is 505 g/mol. The van der Waals surface area contributed by atoms with Crippen LogP contribution >= 0.6 is 0 Å². The van der Waals surface area contributed by atoms with Gasteiger partial charge in [-0.15, -0.1) is 0 Å². The van der Waals surface area contributed by atoms with Crippen molar-refractivity contribution in [2.45, 2.75) is 43.4 Å². The Kier molecular flexibility index (Phi) is 8.11. The third-order valence-electron chi connectivity index (χ3n) is 7.02. The zero-order chi connectivity index (χ0) is 27.3. The van der Waals surface area contributed by atoms with Gasteiger partial charge < -0.3 is 10.4 Å². The lowest BCUT2D eigenvalue weighted by molar-refractivity contribution is -0.131. The number of carbonyl (C=O) groups is 2. The third kappa shape index (κ3) is 6.55. The van der Waals surface area contributed by atoms with Gasteiger partial charge in [-0.05, 0) is 71.9 Å². The van der Waals surface area contributed by atoms with E-state index in [1.165, 1.54) is 18.2 Å². The summed E-state index contributed by atoms with van der Waals surface area (Å²) in [6.45, 7) is 0. The van der Waals surface area contributed by atoms with Gasteiger partial charge >= 0.3 is 5.97 Å². The molecule has 0 heterocycles. The molecule has 2 N–H and O–H groups in total. The number of carboxylic acid groups (broad SMARTS) is 1. The van der Waals surface area contributed by atoms with Gasteiger partial charge in [-0.2, -0.15) is 0 Å². The molecule has 0 atom stereocenters. The fourth-order valence-corrected chi connectivity index (χ4v) is 5.78. The first-order valence-electron chi connectivity index (χ1n) is 12.5. The van der Waals surface area contributed by atoms with Gasteiger partial charge in [-0.3, -0.25) is 4.79 Å². The average Bonchev–Trinajstić information content (AvgIpc) is 2.88. The number of benzene rings is 3. The van der Waals surface area contributed by atoms with Gasteiger partial charge in [0.25, 0.3) is 0 Å². The summed E-state index contributed by atoms with van der Waals surface area (Å²) >= 11 is 0. The Morgan fingerprint density at radius 3 is 2.29 bits per heavy atom. The van der Waals surface area contributed by atoms with Crippen molar-refractivity contribution in [3.63, 3.8) is 0 Å². The molecule has 0 unspecified atom stereocenters. The Labute approximate surface area is 222 Å². The summed E-state index contributed by atoms with van der Waals surface area (Å²) < 4.78 is 37.8. The minimum atomic E-state index is -3.64. The summed E-state index contributed by atoms with van der Waals surface area (Å²) in [7, 11) is -3.64. The van der Waals surface area contributed by atoms with Crippen LogP contribution in [0.3, 0.4) is 0 Å². The van der Waals surface area contributed by atoms with Crippen molar-refractivity contribution >= 4 is 33.5 Å². The Bertz CT molecular complexity index is 1470. The zero-order valence-corrected chi connectivity index (χ0v) is 21.9. The van der Waals surface area contributed by atoms with Crippen LogP contribution in [0.25, 0.3) is 17.2 Å². The van der Waals surface area contributed by atoms with E-state index in [0.717, 1.165) is 55.6 Å². The maximum Gasteiger partial charge on any atom is 0.328 e. The van der Waals surface area contributed by atoms with Crippen LogP contribution in [0.4, 0.5) is 10.1 Å². The Hall–Kier alpha value is -3.78. The summed E-state index contributed by atoms with van der Waals surface area (Å²) in [5, 5.41) is 11.9. The number of hydrogen-bond donors (Lipinski definition) is 2. The topological polar surface area (TPSA) is 101 Å². The number of rotatable bonds is 8. The quantitative estimate of drug-likeness (QED) is 0.338. The van der Waals surface area contributed by atoms with Crippen LogP contribution in [0.15, 0.2) is 77.7 Å². The molecule has 3 aromatic rings. The van der Waals surface area contributed by atoms with Gasteiger partial charge in [0.15, 0.2) is 9.84 Å². The van der Waals surface area contributed by atoms with E-state index < -0.39 is 27.0 Å². The second-order valence-corrected chi connectivity index (χ2v) is 11.9. The van der Waals surface area contributed by atoms with E-state index in [2.05, 4.69) is 5.32 Å². The third-order valence-corrected chi connectivity index (χ3v) is 8.15. The fraction of sp³-hybridized carbons (Fsp3) is 0.267. The molecule has 6 nitrogen and oxygen atoms in total. The number of carboxylic acids is 1. The number of sulfone groups is 1. The van der Waals surface area contributed by atoms with Crippen molar-refractivity contribution in [1.82, 2.24) is 0 Å². The molecule has 3 aromatic carbocycles. The SMILES string of the molecule is CS(=O)(=O)c1ccc(-c2ccc(CC3(C(=O)Nc4cccc(/C=C/C(=O)O)c4)CCCCC3)cc2)cc1F. The summed E-state index contributed by atoms with van der Waals surface area (Å²) in [6.07, 6.45) is 8.59. The number of hydrogen-bond acceptors (Lipinski definition) is 4. The van der Waals surface area contributed by atoms with Crippen molar-refractivity contribution in [3.8, 4) is 11.1 Å². The van der Waals surface area contributed by atoms with Crippen molar-refractivity contribution in [3.05, 3.63) is 89.8 Å². The molecule has 198 valence electrons. The summed E-state index contributed by atoms with van der Waals surface area (Å²) in [5.41, 5.74) is 3.03. The maximum atomic E-state index is 14.4. The molecular formula is C30H30FNO5S. The first-order valence-corrected chi connectivity index (χ1v) is 14.4. The standard InChI is InChI=1S/C30H30FNO5S/c1-38(36,37)27-14-13-24(19-26(27)31)23-11-8-22(9-12-23)20-30(16-3-2-4-17-30)29(35)32-25-7-5-6-21(18-25)10-15-28(33)34/h5-15,18-19H,2-4,16-17,20H2,1H3,(H,32,35)(H,33,34)/b15-10+. The first-order chi connectivity index (χ1) is 18.1. The minimum absolute atomic E-state index is 0.0564. The van der Waals surface area contributed by atoms with Gasteiger partial charge in [-0.1, -0.05) is 61.7 Å². The molecule has 1 aliphatic carbocycles. The highest BCUT2D eigenvalue weighted by Crippen LogP contribution is 2.41. The maximum absolute atomic E-state index is 14.4. The summed E-state index contributed by atoms with van der Waals surface area (Å²) in [4.78, 5) is 24.1. The van der Waals surface area contributed by atoms with E-state index in [1.54, 1.807) is 30.3 Å². The fourth-order valence-electron chi connectivity index (χ4n) is 5.05. The molecule has 0 aliphatic heterocycles. The van der Waals surface area contributed by atoms with E-state index >= 15 is 0 Å². The van der Waals surface area contributed by atoms with Crippen LogP contribution in [0, 0.1) is 11.2 Å². The lowest BCUT2D eigenvalue weighted by Crippen LogP contribution is -2.40. The van der Waals surface area contributed by atoms with E-state index in [9.17, 15) is 22.4 Å². The number of aliphatic carboxylic acids is 1. The number of nitrogens with one attached hydrogen (secondary N) is 1. The Morgan fingerprint density at radius 1 is 0.974 bits per heavy atom. The van der Waals surface area contributed by atoms with E-state index in [-0.39, 0.29) is 10.8 Å². The highest BCUT2D eigenvalue weighted by atomic mass is 32.2. The van der Waals surface area contributed by atoms with E-state index in [0.29, 0.717) is 23.2 Å². The molecule has 0 bridgehead atoms. The number of anilines is 1. The van der Waals surface area contributed by atoms with Crippen LogP contribution in [0.2, 0.25) is 0 Å². The second kappa shape index (κ2) is 11.3. The molecule has 1 amide bonds. The van der Waals surface area contributed by atoms with Crippen LogP contribution in [0.5, 0.6) is 0 Å². The van der Waals surface area contributed by atoms with Crippen molar-refractivity contribution in [2.24, 2.45) is 5.41 Å². The largest absolute Gasteiger partial charge is 0.478 e. The average molecular weight is 536 g/mol. The van der Waals surface area contributed by atoms with Crippen LogP contribution < -0.4 is 5.32 Å². The normalized spacial score (nSPS) is 15.3. The lowest BCUT2D eigenvalue weighted by atomic mass is 9.69. The predicted molar refractivity (Wildman–Crippen MR) is 146 cm³/mol. The predicted octanol–water partition coefficient (Wildman–Crippen LogP) is 6.13. The number of carbonyl (C=O) groups excluding carboxylic acids is 1. The van der Waals surface area contributed by atoms with Crippen molar-refractivity contribution < 1.29 is 27.5 Å². The summed E-state index contributed by atoms with van der Waals surface area (Å²) in [5.74, 6) is -1.88. The molecule has 0 radical (unpaired) electrons. The molecule has 1 fully saturated rings. The van der Waals surface area contributed by atoms with Crippen LogP contribution in [0.1, 0.15) is 43.2 Å². The van der Waals surface area contributed by atoms with Gasteiger partial charge in [0, 0.05) is 18.0 Å². The number of amides is 1. The van der Waals surface area contributed by atoms with Gasteiger partial charge in [0.05, 0.1) is 5.41 Å². The van der Waals surface area contributed by atoms with Crippen molar-refractivity contribution in [2.75, 3.05) is 11.6 Å². The molecule has 0 aromatic heterocycles. The first kappa shape index (κ1) is 27.3. The van der Waals surface area contributed by atoms with Gasteiger partial charge in [0.2, 0.25) is 5.91 Å². The zero-order valence-electron chi connectivity index (χ0n) is 21.1. The highest BCUT2D eigenvalue weighted by molar-refractivity contribution is 7.90. The molecule has 4 rings (SSSR count). The Morgan fingerprint density at radius 2 is 1.66 bits per heavy atom. The van der Waals surface area contributed by atoms with Crippen LogP contribution in [-0.4, -0.2) is 31.7 Å². The smallest absolute Gasteiger partial charge is 0.328 e. The molecule has 1 saturated carbocycles. The molecule has 0 spiro atoms. The Balaban J connectivity index is 1.53. The molecule has 0 saturated heterocycles. The molecule has 1 aliphatic rings. The highest BCUT2D eigenvalue weighted by Gasteiger charge is 2.39.